The molecule has 0 spiro atoms. The van der Waals surface area contributed by atoms with Crippen molar-refractivity contribution in [3.05, 3.63) is 29.6 Å². The van der Waals surface area contributed by atoms with Gasteiger partial charge in [0.1, 0.15) is 5.82 Å². The van der Waals surface area contributed by atoms with Gasteiger partial charge in [-0.2, -0.15) is 0 Å². The molecule has 0 atom stereocenters. The highest BCUT2D eigenvalue weighted by Crippen LogP contribution is 2.35. The highest BCUT2D eigenvalue weighted by molar-refractivity contribution is 5.93. The van der Waals surface area contributed by atoms with Gasteiger partial charge in [-0.25, -0.2) is 4.39 Å². The van der Waals surface area contributed by atoms with Gasteiger partial charge in [0.15, 0.2) is 0 Å². The summed E-state index contributed by atoms with van der Waals surface area (Å²) in [6, 6.07) is 5.04. The second-order valence-corrected chi connectivity index (χ2v) is 6.11. The van der Waals surface area contributed by atoms with E-state index >= 15 is 0 Å². The topological polar surface area (TPSA) is 58.4 Å². The Bertz CT molecular complexity index is 524. The lowest BCUT2D eigenvalue weighted by molar-refractivity contribution is 0.1000. The maximum Gasteiger partial charge on any atom is 0.248 e. The Morgan fingerprint density at radius 2 is 2.00 bits per heavy atom. The molecule has 0 unspecified atom stereocenters. The summed E-state index contributed by atoms with van der Waals surface area (Å²) in [5.74, 6) is -0.314. The first-order valence-corrected chi connectivity index (χ1v) is 7.72. The number of hydrogen-bond acceptors (Lipinski definition) is 3. The van der Waals surface area contributed by atoms with Gasteiger partial charge in [0.05, 0.1) is 5.69 Å². The van der Waals surface area contributed by atoms with Gasteiger partial charge in [-0.15, -0.1) is 0 Å². The monoisotopic (exact) mass is 291 g/mol. The van der Waals surface area contributed by atoms with E-state index in [1.807, 2.05) is 0 Å². The van der Waals surface area contributed by atoms with Crippen molar-refractivity contribution in [2.45, 2.75) is 31.7 Å². The molecule has 3 rings (SSSR count). The van der Waals surface area contributed by atoms with E-state index in [9.17, 15) is 9.18 Å². The molecule has 5 heteroatoms. The number of halogens is 1. The van der Waals surface area contributed by atoms with E-state index in [1.54, 1.807) is 12.1 Å². The predicted molar refractivity (Wildman–Crippen MR) is 80.9 cm³/mol. The van der Waals surface area contributed by atoms with Gasteiger partial charge in [0, 0.05) is 18.2 Å². The molecule has 1 saturated carbocycles. The lowest BCUT2D eigenvalue weighted by Crippen LogP contribution is -2.37. The van der Waals surface area contributed by atoms with Crippen LogP contribution in [-0.2, 0) is 0 Å². The number of amides is 1. The van der Waals surface area contributed by atoms with Crippen LogP contribution in [-0.4, -0.2) is 31.6 Å². The average Bonchev–Trinajstić information content (AvgIpc) is 3.31. The third kappa shape index (κ3) is 3.35. The minimum atomic E-state index is -0.586. The van der Waals surface area contributed by atoms with Crippen molar-refractivity contribution >= 4 is 11.6 Å². The number of anilines is 1. The van der Waals surface area contributed by atoms with Crippen molar-refractivity contribution in [1.29, 1.82) is 0 Å². The first kappa shape index (κ1) is 14.3. The third-order valence-corrected chi connectivity index (χ3v) is 4.44. The molecule has 1 aliphatic heterocycles. The molecule has 1 aromatic rings. The number of nitrogens with two attached hydrogens (primary N) is 1. The largest absolute Gasteiger partial charge is 0.366 e. The Kier molecular flexibility index (Phi) is 4.10. The molecule has 21 heavy (non-hydrogen) atoms. The van der Waals surface area contributed by atoms with E-state index in [0.29, 0.717) is 17.6 Å². The molecule has 3 N–H and O–H groups in total. The molecular formula is C16H22FN3O. The van der Waals surface area contributed by atoms with E-state index in [0.717, 1.165) is 45.3 Å². The molecule has 2 aliphatic rings. The van der Waals surface area contributed by atoms with Gasteiger partial charge >= 0.3 is 0 Å². The average molecular weight is 291 g/mol. The number of nitrogens with zero attached hydrogens (tertiary/aromatic N) is 1. The number of carbonyl (C=O) groups excluding carboxylic acids is 1. The van der Waals surface area contributed by atoms with Gasteiger partial charge < -0.3 is 16.0 Å². The van der Waals surface area contributed by atoms with E-state index in [-0.39, 0.29) is 11.4 Å². The van der Waals surface area contributed by atoms with Crippen molar-refractivity contribution in [3.8, 4) is 0 Å². The van der Waals surface area contributed by atoms with Crippen LogP contribution in [0.4, 0.5) is 10.1 Å². The second kappa shape index (κ2) is 6.02. The van der Waals surface area contributed by atoms with Crippen molar-refractivity contribution in [2.24, 2.45) is 11.7 Å². The van der Waals surface area contributed by atoms with Crippen molar-refractivity contribution in [1.82, 2.24) is 5.32 Å². The molecule has 1 amide bonds. The van der Waals surface area contributed by atoms with Gasteiger partial charge in [-0.05, 0) is 62.9 Å². The fraction of sp³-hybridized carbons (Fsp3) is 0.562. The van der Waals surface area contributed by atoms with Gasteiger partial charge in [0.25, 0.3) is 0 Å². The van der Waals surface area contributed by atoms with Gasteiger partial charge in [0.2, 0.25) is 5.91 Å². The predicted octanol–water partition coefficient (Wildman–Crippen LogP) is 1.89. The van der Waals surface area contributed by atoms with Crippen LogP contribution in [0.15, 0.2) is 18.2 Å². The highest BCUT2D eigenvalue weighted by atomic mass is 19.1. The number of hydrogen-bond donors (Lipinski definition) is 2. The lowest BCUT2D eigenvalue weighted by Gasteiger charge is -2.32. The molecule has 114 valence electrons. The zero-order valence-corrected chi connectivity index (χ0v) is 12.1. The van der Waals surface area contributed by atoms with Crippen LogP contribution < -0.4 is 16.0 Å². The number of primary amides is 1. The smallest absolute Gasteiger partial charge is 0.248 e. The summed E-state index contributed by atoms with van der Waals surface area (Å²) < 4.78 is 14.3. The summed E-state index contributed by atoms with van der Waals surface area (Å²) in [5, 5.41) is 3.36. The van der Waals surface area contributed by atoms with Crippen LogP contribution in [0.25, 0.3) is 0 Å². The van der Waals surface area contributed by atoms with E-state index in [1.165, 1.54) is 6.07 Å². The Hall–Kier alpha value is -1.62. The summed E-state index contributed by atoms with van der Waals surface area (Å²) in [6.45, 7) is 3.00. The molecule has 1 aliphatic carbocycles. The fourth-order valence-corrected chi connectivity index (χ4v) is 3.07. The molecule has 1 saturated heterocycles. The maximum atomic E-state index is 14.3. The Morgan fingerprint density at radius 3 is 2.57 bits per heavy atom. The molecule has 0 radical (unpaired) electrons. The van der Waals surface area contributed by atoms with Crippen LogP contribution in [0.1, 0.15) is 36.0 Å². The third-order valence-electron chi connectivity index (χ3n) is 4.44. The SMILES string of the molecule is NC(=O)c1ccc(N(CC2CCNCC2)C2CC2)c(F)c1. The number of piperidine rings is 1. The van der Waals surface area contributed by atoms with Crippen LogP contribution >= 0.6 is 0 Å². The first-order chi connectivity index (χ1) is 10.1. The normalized spacial score (nSPS) is 19.5. The Morgan fingerprint density at radius 1 is 1.29 bits per heavy atom. The zero-order valence-electron chi connectivity index (χ0n) is 12.1. The van der Waals surface area contributed by atoms with E-state index in [2.05, 4.69) is 10.2 Å². The number of benzene rings is 1. The van der Waals surface area contributed by atoms with Gasteiger partial charge in [-0.1, -0.05) is 0 Å². The van der Waals surface area contributed by atoms with Crippen LogP contribution in [0.3, 0.4) is 0 Å². The summed E-state index contributed by atoms with van der Waals surface area (Å²) >= 11 is 0. The quantitative estimate of drug-likeness (QED) is 0.871. The molecule has 1 heterocycles. The standard InChI is InChI=1S/C16H22FN3O/c17-14-9-12(16(18)21)1-4-15(14)20(13-2-3-13)10-11-5-7-19-8-6-11/h1,4,9,11,13,19H,2-3,5-8,10H2,(H2,18,21). The molecule has 4 nitrogen and oxygen atoms in total. The Balaban J connectivity index is 1.78. The van der Waals surface area contributed by atoms with Crippen molar-refractivity contribution in [3.63, 3.8) is 0 Å². The van der Waals surface area contributed by atoms with Crippen LogP contribution in [0.2, 0.25) is 0 Å². The Labute approximate surface area is 124 Å². The van der Waals surface area contributed by atoms with Crippen LogP contribution in [0.5, 0.6) is 0 Å². The minimum Gasteiger partial charge on any atom is -0.366 e. The lowest BCUT2D eigenvalue weighted by atomic mass is 9.97. The molecule has 0 bridgehead atoms. The molecule has 0 aromatic heterocycles. The van der Waals surface area contributed by atoms with Crippen molar-refractivity contribution in [2.75, 3.05) is 24.5 Å². The summed E-state index contributed by atoms with van der Waals surface area (Å²) in [4.78, 5) is 13.3. The molecule has 1 aromatic carbocycles. The van der Waals surface area contributed by atoms with E-state index < -0.39 is 5.91 Å². The summed E-state index contributed by atoms with van der Waals surface area (Å²) in [6.07, 6.45) is 4.54. The second-order valence-electron chi connectivity index (χ2n) is 6.11. The maximum absolute atomic E-state index is 14.3. The van der Waals surface area contributed by atoms with Gasteiger partial charge in [-0.3, -0.25) is 4.79 Å². The van der Waals surface area contributed by atoms with Crippen molar-refractivity contribution < 1.29 is 9.18 Å². The minimum absolute atomic E-state index is 0.230. The summed E-state index contributed by atoms with van der Waals surface area (Å²) in [7, 11) is 0. The van der Waals surface area contributed by atoms with Crippen LogP contribution in [0, 0.1) is 11.7 Å². The summed E-state index contributed by atoms with van der Waals surface area (Å²) in [5.41, 5.74) is 6.05. The number of carbonyl (C=O) groups is 1. The highest BCUT2D eigenvalue weighted by Gasteiger charge is 2.32. The molecule has 2 fully saturated rings. The first-order valence-electron chi connectivity index (χ1n) is 7.72. The number of nitrogens with one attached hydrogen (secondary N) is 1. The number of rotatable bonds is 5. The fourth-order valence-electron chi connectivity index (χ4n) is 3.07. The zero-order chi connectivity index (χ0) is 14.8. The van der Waals surface area contributed by atoms with E-state index in [4.69, 9.17) is 5.73 Å². The molecular weight excluding hydrogens is 269 g/mol.